The number of urea groups is 1. The topological polar surface area (TPSA) is 149 Å². The Hall–Kier alpha value is -3.41. The van der Waals surface area contributed by atoms with Gasteiger partial charge in [-0.2, -0.15) is 5.53 Å². The van der Waals surface area contributed by atoms with Gasteiger partial charge in [0.25, 0.3) is 0 Å². The predicted octanol–water partition coefficient (Wildman–Crippen LogP) is 1.10. The van der Waals surface area contributed by atoms with Crippen molar-refractivity contribution in [1.29, 1.82) is 10.9 Å². The van der Waals surface area contributed by atoms with Crippen LogP contribution in [-0.2, 0) is 11.3 Å². The third-order valence-corrected chi connectivity index (χ3v) is 2.22. The van der Waals surface area contributed by atoms with Crippen LogP contribution in [0, 0.1) is 23.3 Å². The highest BCUT2D eigenvalue weighted by molar-refractivity contribution is 5.89. The molecule has 0 saturated carbocycles. The highest BCUT2D eigenvalue weighted by Gasteiger charge is 2.12. The lowest BCUT2D eigenvalue weighted by Crippen LogP contribution is -2.25. The van der Waals surface area contributed by atoms with Crippen molar-refractivity contribution in [3.8, 4) is 12.3 Å². The molecule has 1 aromatic rings. The number of nitrogens with zero attached hydrogens (tertiary/aromatic N) is 2. The first kappa shape index (κ1) is 15.6. The molecular formula is C12H13N7O2. The maximum absolute atomic E-state index is 11.4. The van der Waals surface area contributed by atoms with Gasteiger partial charge in [-0.1, -0.05) is 11.1 Å². The minimum absolute atomic E-state index is 0.0792. The van der Waals surface area contributed by atoms with Crippen molar-refractivity contribution in [3.05, 3.63) is 35.7 Å². The Morgan fingerprint density at radius 2 is 2.43 bits per heavy atom. The van der Waals surface area contributed by atoms with E-state index in [0.29, 0.717) is 11.1 Å². The molecule has 2 amide bonds. The minimum atomic E-state index is -0.746. The lowest BCUT2D eigenvalue weighted by Gasteiger charge is -2.12. The second kappa shape index (κ2) is 7.90. The van der Waals surface area contributed by atoms with Crippen molar-refractivity contribution >= 4 is 17.7 Å². The maximum atomic E-state index is 11.4. The van der Waals surface area contributed by atoms with Crippen molar-refractivity contribution in [2.24, 2.45) is 11.0 Å². The van der Waals surface area contributed by atoms with E-state index in [-0.39, 0.29) is 18.3 Å². The van der Waals surface area contributed by atoms with Crippen LogP contribution in [0.4, 0.5) is 10.6 Å². The Balaban J connectivity index is 2.98. The average molecular weight is 287 g/mol. The summed E-state index contributed by atoms with van der Waals surface area (Å²) in [6.45, 7) is -0.0792. The van der Waals surface area contributed by atoms with Crippen molar-refractivity contribution in [2.75, 3.05) is 5.32 Å². The van der Waals surface area contributed by atoms with E-state index in [9.17, 15) is 4.79 Å². The summed E-state index contributed by atoms with van der Waals surface area (Å²) in [5.74, 6) is 2.41. The monoisotopic (exact) mass is 287 g/mol. The summed E-state index contributed by atoms with van der Waals surface area (Å²) in [6, 6.07) is 0.823. The van der Waals surface area contributed by atoms with Gasteiger partial charge in [0, 0.05) is 23.4 Å². The van der Waals surface area contributed by atoms with Crippen LogP contribution in [0.5, 0.6) is 0 Å². The first-order chi connectivity index (χ1) is 10.1. The SMILES string of the molecule is C#Cc1ccnc(NC(=O)NN=N)c1COC(=N)/C=C\N. The number of carbonyl (C=O) groups excluding carboxylic acids is 1. The van der Waals surface area contributed by atoms with Gasteiger partial charge in [0.05, 0.1) is 0 Å². The first-order valence-corrected chi connectivity index (χ1v) is 5.60. The summed E-state index contributed by atoms with van der Waals surface area (Å²) in [5.41, 5.74) is 14.4. The molecule has 1 aromatic heterocycles. The highest BCUT2D eigenvalue weighted by atomic mass is 16.5. The number of hydrogen-bond donors (Lipinski definition) is 5. The fourth-order valence-corrected chi connectivity index (χ4v) is 1.35. The molecular weight excluding hydrogens is 274 g/mol. The van der Waals surface area contributed by atoms with Crippen LogP contribution < -0.4 is 16.5 Å². The van der Waals surface area contributed by atoms with Crippen LogP contribution in [0.25, 0.3) is 0 Å². The summed E-state index contributed by atoms with van der Waals surface area (Å²) in [5, 5.41) is 12.6. The number of ether oxygens (including phenoxy) is 1. The van der Waals surface area contributed by atoms with Crippen molar-refractivity contribution in [1.82, 2.24) is 10.4 Å². The molecule has 9 heteroatoms. The zero-order valence-corrected chi connectivity index (χ0v) is 10.9. The first-order valence-electron chi connectivity index (χ1n) is 5.60. The number of nitrogens with one attached hydrogen (secondary N) is 4. The quantitative estimate of drug-likeness (QED) is 0.181. The summed E-state index contributed by atoms with van der Waals surface area (Å²) in [4.78, 5) is 15.3. The van der Waals surface area contributed by atoms with Crippen molar-refractivity contribution < 1.29 is 9.53 Å². The Kier molecular flexibility index (Phi) is 5.89. The summed E-state index contributed by atoms with van der Waals surface area (Å²) in [7, 11) is 0. The van der Waals surface area contributed by atoms with Gasteiger partial charge in [0.15, 0.2) is 0 Å². The highest BCUT2D eigenvalue weighted by Crippen LogP contribution is 2.18. The molecule has 0 fully saturated rings. The third-order valence-electron chi connectivity index (χ3n) is 2.22. The Labute approximate surface area is 120 Å². The zero-order chi connectivity index (χ0) is 15.7. The van der Waals surface area contributed by atoms with Gasteiger partial charge in [-0.15, -0.1) is 6.42 Å². The molecule has 6 N–H and O–H groups in total. The molecule has 1 heterocycles. The molecule has 0 aliphatic rings. The van der Waals surface area contributed by atoms with Crippen molar-refractivity contribution in [2.45, 2.75) is 6.61 Å². The Bertz CT molecular complexity index is 619. The van der Waals surface area contributed by atoms with Gasteiger partial charge < -0.3 is 10.5 Å². The van der Waals surface area contributed by atoms with Gasteiger partial charge in [0.2, 0.25) is 5.90 Å². The van der Waals surface area contributed by atoms with E-state index in [1.54, 1.807) is 6.07 Å². The van der Waals surface area contributed by atoms with Gasteiger partial charge in [-0.05, 0) is 12.3 Å². The van der Waals surface area contributed by atoms with E-state index in [1.807, 2.05) is 5.43 Å². The summed E-state index contributed by atoms with van der Waals surface area (Å²) < 4.78 is 5.14. The van der Waals surface area contributed by atoms with E-state index in [4.69, 9.17) is 27.8 Å². The number of amides is 2. The average Bonchev–Trinajstić information content (AvgIpc) is 2.46. The molecule has 108 valence electrons. The predicted molar refractivity (Wildman–Crippen MR) is 75.3 cm³/mol. The second-order valence-corrected chi connectivity index (χ2v) is 3.52. The minimum Gasteiger partial charge on any atom is -0.473 e. The van der Waals surface area contributed by atoms with Crippen LogP contribution in [0.1, 0.15) is 11.1 Å². The van der Waals surface area contributed by atoms with Crippen LogP contribution in [0.3, 0.4) is 0 Å². The van der Waals surface area contributed by atoms with Crippen LogP contribution in [0.2, 0.25) is 0 Å². The number of pyridine rings is 1. The zero-order valence-electron chi connectivity index (χ0n) is 10.9. The standard InChI is InChI=1S/C12H13N7O2/c1-2-8-4-6-16-11(17-12(20)18-19-15)9(8)7-21-10(14)3-5-13/h1,3-6,14H,7,13H2,(H3,15,16,17,18,20)/b5-3-,14-10?. The van der Waals surface area contributed by atoms with E-state index < -0.39 is 6.03 Å². The molecule has 21 heavy (non-hydrogen) atoms. The number of rotatable bonds is 5. The molecule has 0 aliphatic heterocycles. The lowest BCUT2D eigenvalue weighted by atomic mass is 10.1. The number of hydrogen-bond acceptors (Lipinski definition) is 7. The molecule has 0 atom stereocenters. The molecule has 9 nitrogen and oxygen atoms in total. The number of nitrogens with two attached hydrogens (primary N) is 1. The number of terminal acetylenes is 1. The smallest absolute Gasteiger partial charge is 0.342 e. The lowest BCUT2D eigenvalue weighted by molar-refractivity contribution is 0.251. The van der Waals surface area contributed by atoms with Gasteiger partial charge in [-0.25, -0.2) is 15.2 Å². The third kappa shape index (κ3) is 4.64. The fourth-order valence-electron chi connectivity index (χ4n) is 1.35. The van der Waals surface area contributed by atoms with E-state index in [1.165, 1.54) is 12.3 Å². The normalized spacial score (nSPS) is 9.67. The summed E-state index contributed by atoms with van der Waals surface area (Å²) in [6.07, 6.45) is 9.21. The maximum Gasteiger partial charge on any atom is 0.342 e. The molecule has 0 aliphatic carbocycles. The molecule has 0 bridgehead atoms. The Morgan fingerprint density at radius 1 is 1.67 bits per heavy atom. The number of anilines is 1. The molecule has 0 aromatic carbocycles. The van der Waals surface area contributed by atoms with Crippen LogP contribution >= 0.6 is 0 Å². The van der Waals surface area contributed by atoms with E-state index >= 15 is 0 Å². The van der Waals surface area contributed by atoms with E-state index in [2.05, 4.69) is 21.4 Å². The summed E-state index contributed by atoms with van der Waals surface area (Å²) >= 11 is 0. The van der Waals surface area contributed by atoms with E-state index in [0.717, 1.165) is 6.20 Å². The van der Waals surface area contributed by atoms with Gasteiger partial charge >= 0.3 is 6.03 Å². The molecule has 0 unspecified atom stereocenters. The van der Waals surface area contributed by atoms with Crippen LogP contribution in [-0.4, -0.2) is 16.9 Å². The fraction of sp³-hybridized carbons (Fsp3) is 0.0833. The second-order valence-electron chi connectivity index (χ2n) is 3.52. The molecule has 0 radical (unpaired) electrons. The molecule has 0 spiro atoms. The number of carbonyl (C=O) groups is 1. The van der Waals surface area contributed by atoms with Gasteiger partial charge in [0.1, 0.15) is 12.4 Å². The van der Waals surface area contributed by atoms with Crippen molar-refractivity contribution in [3.63, 3.8) is 0 Å². The largest absolute Gasteiger partial charge is 0.473 e. The van der Waals surface area contributed by atoms with Crippen LogP contribution in [0.15, 0.2) is 29.8 Å². The molecule has 0 saturated heterocycles. The molecule has 1 rings (SSSR count). The van der Waals surface area contributed by atoms with Gasteiger partial charge in [-0.3, -0.25) is 10.7 Å². The Morgan fingerprint density at radius 3 is 3.05 bits per heavy atom. The number of aromatic nitrogens is 1.